The number of hydrogen-bond donors (Lipinski definition) is 1. The van der Waals surface area contributed by atoms with Gasteiger partial charge in [-0.2, -0.15) is 13.2 Å². The van der Waals surface area contributed by atoms with Gasteiger partial charge in [-0.1, -0.05) is 0 Å². The number of nitro groups is 1. The highest BCUT2D eigenvalue weighted by molar-refractivity contribution is 5.87. The molecule has 0 saturated carbocycles. The third-order valence-corrected chi connectivity index (χ3v) is 2.10. The van der Waals surface area contributed by atoms with E-state index in [1.54, 1.807) is 20.8 Å². The Hall–Kier alpha value is -2.52. The molecule has 1 aromatic rings. The molecule has 10 heteroatoms. The molecule has 0 saturated heterocycles. The predicted octanol–water partition coefficient (Wildman–Crippen LogP) is 3.68. The van der Waals surface area contributed by atoms with Crippen LogP contribution in [0.5, 0.6) is 5.75 Å². The zero-order valence-electron chi connectivity index (χ0n) is 11.9. The van der Waals surface area contributed by atoms with Crippen LogP contribution in [0.15, 0.2) is 12.1 Å². The number of nitrogens with zero attached hydrogens (tertiary/aromatic N) is 1. The first-order valence-corrected chi connectivity index (χ1v) is 5.92. The standard InChI is InChI=1S/C12H13F3N2O5/c1-12(2,3)22-11(18)16-7-5-8(17(19)20)6(13)4-9(7)21-10(14)15/h4-5,10H,1-3H3,(H,16,18). The highest BCUT2D eigenvalue weighted by Crippen LogP contribution is 2.33. The van der Waals surface area contributed by atoms with Gasteiger partial charge in [-0.25, -0.2) is 4.79 Å². The van der Waals surface area contributed by atoms with Gasteiger partial charge >= 0.3 is 18.4 Å². The molecule has 0 aliphatic rings. The molecule has 0 aliphatic carbocycles. The first-order valence-electron chi connectivity index (χ1n) is 5.92. The molecule has 1 aromatic carbocycles. The maximum atomic E-state index is 13.4. The lowest BCUT2D eigenvalue weighted by molar-refractivity contribution is -0.387. The van der Waals surface area contributed by atoms with Gasteiger partial charge in [0.15, 0.2) is 5.75 Å². The summed E-state index contributed by atoms with van der Waals surface area (Å²) < 4.78 is 46.9. The summed E-state index contributed by atoms with van der Waals surface area (Å²) in [6.45, 7) is 1.35. The molecule has 0 spiro atoms. The molecule has 122 valence electrons. The Balaban J connectivity index is 3.15. The number of ether oxygens (including phenoxy) is 2. The Labute approximate surface area is 123 Å². The highest BCUT2D eigenvalue weighted by Gasteiger charge is 2.24. The molecule has 0 aliphatic heterocycles. The van der Waals surface area contributed by atoms with Crippen LogP contribution < -0.4 is 10.1 Å². The Bertz CT molecular complexity index is 587. The maximum Gasteiger partial charge on any atom is 0.412 e. The maximum absolute atomic E-state index is 13.4. The molecule has 1 N–H and O–H groups in total. The van der Waals surface area contributed by atoms with E-state index in [-0.39, 0.29) is 0 Å². The normalized spacial score (nSPS) is 11.2. The number of nitrogens with one attached hydrogen (secondary N) is 1. The van der Waals surface area contributed by atoms with Gasteiger partial charge in [-0.15, -0.1) is 0 Å². The van der Waals surface area contributed by atoms with Crippen LogP contribution in [0, 0.1) is 15.9 Å². The quantitative estimate of drug-likeness (QED) is 0.674. The van der Waals surface area contributed by atoms with Gasteiger partial charge in [0, 0.05) is 12.1 Å². The van der Waals surface area contributed by atoms with E-state index in [2.05, 4.69) is 4.74 Å². The summed E-state index contributed by atoms with van der Waals surface area (Å²) in [4.78, 5) is 21.2. The van der Waals surface area contributed by atoms with Crippen LogP contribution in [0.2, 0.25) is 0 Å². The van der Waals surface area contributed by atoms with Gasteiger partial charge in [0.2, 0.25) is 5.82 Å². The molecule has 22 heavy (non-hydrogen) atoms. The van der Waals surface area contributed by atoms with E-state index in [0.29, 0.717) is 12.1 Å². The van der Waals surface area contributed by atoms with Crippen molar-refractivity contribution in [3.8, 4) is 5.75 Å². The summed E-state index contributed by atoms with van der Waals surface area (Å²) in [5.74, 6) is -2.14. The molecule has 0 unspecified atom stereocenters. The second-order valence-electron chi connectivity index (χ2n) is 5.06. The number of benzene rings is 1. The second kappa shape index (κ2) is 6.50. The van der Waals surface area contributed by atoms with Crippen LogP contribution in [-0.2, 0) is 4.74 Å². The third kappa shape index (κ3) is 5.11. The molecule has 0 fully saturated rings. The smallest absolute Gasteiger partial charge is 0.412 e. The molecule has 0 heterocycles. The molecule has 0 radical (unpaired) electrons. The van der Waals surface area contributed by atoms with Crippen LogP contribution in [0.3, 0.4) is 0 Å². The number of carbonyl (C=O) groups is 1. The monoisotopic (exact) mass is 322 g/mol. The summed E-state index contributed by atoms with van der Waals surface area (Å²) in [5.41, 5.74) is -2.41. The van der Waals surface area contributed by atoms with Crippen molar-refractivity contribution in [1.82, 2.24) is 0 Å². The summed E-state index contributed by atoms with van der Waals surface area (Å²) in [6, 6.07) is 0.952. The molecule has 0 aromatic heterocycles. The van der Waals surface area contributed by atoms with Crippen LogP contribution in [0.4, 0.5) is 29.3 Å². The Morgan fingerprint density at radius 1 is 1.36 bits per heavy atom. The van der Waals surface area contributed by atoms with Crippen molar-refractivity contribution in [2.45, 2.75) is 33.0 Å². The molecular weight excluding hydrogens is 309 g/mol. The van der Waals surface area contributed by atoms with Crippen molar-refractivity contribution < 1.29 is 32.4 Å². The second-order valence-corrected chi connectivity index (χ2v) is 5.06. The van der Waals surface area contributed by atoms with Crippen molar-refractivity contribution in [2.75, 3.05) is 5.32 Å². The number of halogens is 3. The minimum Gasteiger partial charge on any atom is -0.444 e. The summed E-state index contributed by atoms with van der Waals surface area (Å²) in [7, 11) is 0. The minimum absolute atomic E-state index is 0.386. The third-order valence-electron chi connectivity index (χ3n) is 2.10. The van der Waals surface area contributed by atoms with Gasteiger partial charge in [0.25, 0.3) is 0 Å². The average Bonchev–Trinajstić information content (AvgIpc) is 2.28. The number of carbonyl (C=O) groups excluding carboxylic acids is 1. The first-order chi connectivity index (χ1) is 9.99. The molecule has 0 atom stereocenters. The zero-order valence-corrected chi connectivity index (χ0v) is 11.9. The summed E-state index contributed by atoms with van der Waals surface area (Å²) >= 11 is 0. The van der Waals surface area contributed by atoms with Gasteiger partial charge in [-0.05, 0) is 20.8 Å². The summed E-state index contributed by atoms with van der Waals surface area (Å²) in [6.07, 6.45) is -1.06. The SMILES string of the molecule is CC(C)(C)OC(=O)Nc1cc([N+](=O)[O-])c(F)cc1OC(F)F. The number of alkyl halides is 2. The number of anilines is 1. The van der Waals surface area contributed by atoms with Gasteiger partial charge in [-0.3, -0.25) is 15.4 Å². The van der Waals surface area contributed by atoms with E-state index in [0.717, 1.165) is 0 Å². The van der Waals surface area contributed by atoms with Crippen molar-refractivity contribution in [3.63, 3.8) is 0 Å². The Morgan fingerprint density at radius 2 is 1.95 bits per heavy atom. The van der Waals surface area contributed by atoms with Gasteiger partial charge in [0.05, 0.1) is 10.6 Å². The fraction of sp³-hybridized carbons (Fsp3) is 0.417. The zero-order chi connectivity index (χ0) is 17.1. The molecular formula is C12H13F3N2O5. The number of amides is 1. The van der Waals surface area contributed by atoms with Crippen molar-refractivity contribution in [1.29, 1.82) is 0 Å². The van der Waals surface area contributed by atoms with Crippen LogP contribution in [0.25, 0.3) is 0 Å². The molecule has 7 nitrogen and oxygen atoms in total. The van der Waals surface area contributed by atoms with E-state index in [1.165, 1.54) is 0 Å². The highest BCUT2D eigenvalue weighted by atomic mass is 19.3. The molecule has 0 bridgehead atoms. The van der Waals surface area contributed by atoms with Crippen molar-refractivity contribution in [2.24, 2.45) is 0 Å². The van der Waals surface area contributed by atoms with Crippen LogP contribution >= 0.6 is 0 Å². The lowest BCUT2D eigenvalue weighted by atomic mass is 10.2. The number of rotatable bonds is 4. The average molecular weight is 322 g/mol. The topological polar surface area (TPSA) is 90.7 Å². The molecule has 1 amide bonds. The van der Waals surface area contributed by atoms with E-state index in [4.69, 9.17) is 4.74 Å². The minimum atomic E-state index is -3.31. The van der Waals surface area contributed by atoms with Crippen LogP contribution in [-0.4, -0.2) is 23.2 Å². The number of nitro benzene ring substituents is 1. The fourth-order valence-corrected chi connectivity index (χ4v) is 1.39. The van der Waals surface area contributed by atoms with E-state index >= 15 is 0 Å². The first kappa shape index (κ1) is 17.5. The lowest BCUT2D eigenvalue weighted by Crippen LogP contribution is -2.27. The fourth-order valence-electron chi connectivity index (χ4n) is 1.39. The predicted molar refractivity (Wildman–Crippen MR) is 69.5 cm³/mol. The van der Waals surface area contributed by atoms with Crippen molar-refractivity contribution in [3.05, 3.63) is 28.1 Å². The Kier molecular flexibility index (Phi) is 5.18. The van der Waals surface area contributed by atoms with E-state index in [1.807, 2.05) is 5.32 Å². The largest absolute Gasteiger partial charge is 0.444 e. The van der Waals surface area contributed by atoms with Crippen molar-refractivity contribution >= 4 is 17.5 Å². The molecule has 1 rings (SSSR count). The lowest BCUT2D eigenvalue weighted by Gasteiger charge is -2.20. The van der Waals surface area contributed by atoms with E-state index in [9.17, 15) is 28.1 Å². The summed E-state index contributed by atoms with van der Waals surface area (Å²) in [5, 5.41) is 12.7. The van der Waals surface area contributed by atoms with E-state index < -0.39 is 46.2 Å². The van der Waals surface area contributed by atoms with Gasteiger partial charge < -0.3 is 9.47 Å². The van der Waals surface area contributed by atoms with Crippen LogP contribution in [0.1, 0.15) is 20.8 Å². The van der Waals surface area contributed by atoms with Gasteiger partial charge in [0.1, 0.15) is 5.60 Å². The number of hydrogen-bond acceptors (Lipinski definition) is 5. The Morgan fingerprint density at radius 3 is 2.41 bits per heavy atom.